The second-order valence-electron chi connectivity index (χ2n) is 14.0. The van der Waals surface area contributed by atoms with Crippen LogP contribution >= 0.6 is 0 Å². The van der Waals surface area contributed by atoms with Crippen LogP contribution in [0.25, 0.3) is 0 Å². The summed E-state index contributed by atoms with van der Waals surface area (Å²) in [6.45, 7) is 23.2. The largest absolute Gasteiger partial charge is 0.0853 e. The minimum absolute atomic E-state index is 0.312. The highest BCUT2D eigenvalue weighted by Gasteiger charge is 2.32. The highest BCUT2D eigenvalue weighted by molar-refractivity contribution is 5.36. The third kappa shape index (κ3) is 11.6. The smallest absolute Gasteiger partial charge is 0.0104 e. The minimum Gasteiger partial charge on any atom is -0.0853 e. The summed E-state index contributed by atoms with van der Waals surface area (Å²) in [5, 5.41) is 0. The third-order valence-electron chi connectivity index (χ3n) is 9.23. The summed E-state index contributed by atoms with van der Waals surface area (Å²) in [6, 6.07) is 0. The lowest BCUT2D eigenvalue weighted by molar-refractivity contribution is 0.204. The highest BCUT2D eigenvalue weighted by atomic mass is 14.4. The second kappa shape index (κ2) is 16.2. The van der Waals surface area contributed by atoms with Crippen molar-refractivity contribution in [1.82, 2.24) is 0 Å². The molecule has 0 aliphatic heterocycles. The normalized spacial score (nSPS) is 23.1. The molecule has 0 heteroatoms. The van der Waals surface area contributed by atoms with Gasteiger partial charge in [-0.2, -0.15) is 0 Å². The molecule has 0 aromatic rings. The SMILES string of the molecule is CC1=CCCC(C)(C)[C@@H]1CC/C(C)=C/C=C/C(C)=C/C=C/C=C(\C)CC/C=C(C)/C=C\C1=C(C)CCCC1(C)C. The van der Waals surface area contributed by atoms with Crippen LogP contribution in [0.2, 0.25) is 0 Å². The number of hydrogen-bond acceptors (Lipinski definition) is 0. The average molecular weight is 541 g/mol. The number of rotatable bonds is 12. The van der Waals surface area contributed by atoms with Gasteiger partial charge in [0.2, 0.25) is 0 Å². The molecule has 0 bridgehead atoms. The molecule has 0 amide bonds. The van der Waals surface area contributed by atoms with Crippen LogP contribution in [0.1, 0.15) is 127 Å². The van der Waals surface area contributed by atoms with Crippen LogP contribution in [0.15, 0.2) is 106 Å². The van der Waals surface area contributed by atoms with E-state index in [2.05, 4.69) is 136 Å². The fourth-order valence-corrected chi connectivity index (χ4v) is 6.43. The molecule has 1 atom stereocenters. The number of hydrogen-bond donors (Lipinski definition) is 0. The molecule has 0 unspecified atom stereocenters. The zero-order chi connectivity index (χ0) is 29.8. The van der Waals surface area contributed by atoms with Gasteiger partial charge in [-0.25, -0.2) is 0 Å². The molecular formula is C40H60. The summed E-state index contributed by atoms with van der Waals surface area (Å²) in [6.07, 6.45) is 36.1. The Morgan fingerprint density at radius 3 is 2.20 bits per heavy atom. The molecule has 2 aliphatic carbocycles. The summed E-state index contributed by atoms with van der Waals surface area (Å²) in [7, 11) is 0. The quantitative estimate of drug-likeness (QED) is 0.170. The number of allylic oxidation sites excluding steroid dienone is 18. The first kappa shape index (κ1) is 33.9. The van der Waals surface area contributed by atoms with Gasteiger partial charge >= 0.3 is 0 Å². The highest BCUT2D eigenvalue weighted by Crippen LogP contribution is 2.44. The van der Waals surface area contributed by atoms with E-state index in [-0.39, 0.29) is 0 Å². The fourth-order valence-electron chi connectivity index (χ4n) is 6.43. The topological polar surface area (TPSA) is 0 Å². The summed E-state index contributed by atoms with van der Waals surface area (Å²) in [5.74, 6) is 0.717. The minimum atomic E-state index is 0.312. The first-order valence-electron chi connectivity index (χ1n) is 15.9. The van der Waals surface area contributed by atoms with E-state index in [1.807, 2.05) is 0 Å². The van der Waals surface area contributed by atoms with E-state index in [0.29, 0.717) is 10.8 Å². The van der Waals surface area contributed by atoms with E-state index in [0.717, 1.165) is 18.8 Å². The molecule has 0 nitrogen and oxygen atoms in total. The lowest BCUT2D eigenvalue weighted by atomic mass is 9.67. The Kier molecular flexibility index (Phi) is 13.7. The molecule has 0 saturated heterocycles. The monoisotopic (exact) mass is 540 g/mol. The Bertz CT molecular complexity index is 1110. The van der Waals surface area contributed by atoms with Crippen LogP contribution in [-0.4, -0.2) is 0 Å². The molecule has 0 saturated carbocycles. The van der Waals surface area contributed by atoms with Gasteiger partial charge in [-0.05, 0) is 122 Å². The first-order chi connectivity index (χ1) is 18.8. The van der Waals surface area contributed by atoms with E-state index < -0.39 is 0 Å². The van der Waals surface area contributed by atoms with Gasteiger partial charge in [0.15, 0.2) is 0 Å². The summed E-state index contributed by atoms with van der Waals surface area (Å²) in [4.78, 5) is 0. The standard InChI is InChI=1S/C40H60/c1-31(19-13-21-33(3)25-27-37-35(5)23-15-29-39(37,7)8)17-11-12-18-32(2)20-14-22-34(4)26-28-38-36(6)24-16-30-40(38,9)10/h11-13,17-19,21-23,26,28,37H,14-16,20,24-25,27,29-30H2,1-10H3/b12-11+,19-13+,28-26-,31-17+,32-18+,33-21+,34-22+/t37-/m1/s1. The maximum Gasteiger partial charge on any atom is -0.0104 e. The van der Waals surface area contributed by atoms with Crippen LogP contribution in [0.5, 0.6) is 0 Å². The van der Waals surface area contributed by atoms with E-state index in [1.165, 1.54) is 67.2 Å². The average Bonchev–Trinajstić information content (AvgIpc) is 2.85. The molecule has 0 spiro atoms. The predicted octanol–water partition coefficient (Wildman–Crippen LogP) is 12.9. The Balaban J connectivity index is 1.78. The molecular weight excluding hydrogens is 480 g/mol. The van der Waals surface area contributed by atoms with Gasteiger partial charge in [-0.15, -0.1) is 0 Å². The van der Waals surface area contributed by atoms with Gasteiger partial charge in [0, 0.05) is 0 Å². The molecule has 2 rings (SSSR count). The molecule has 0 aromatic carbocycles. The van der Waals surface area contributed by atoms with E-state index in [9.17, 15) is 0 Å². The van der Waals surface area contributed by atoms with E-state index in [4.69, 9.17) is 0 Å². The van der Waals surface area contributed by atoms with Gasteiger partial charge in [0.1, 0.15) is 0 Å². The first-order valence-corrected chi connectivity index (χ1v) is 15.9. The van der Waals surface area contributed by atoms with Crippen molar-refractivity contribution in [3.05, 3.63) is 106 Å². The zero-order valence-electron chi connectivity index (χ0n) is 27.8. The van der Waals surface area contributed by atoms with Gasteiger partial charge in [0.05, 0.1) is 0 Å². The van der Waals surface area contributed by atoms with Crippen molar-refractivity contribution in [2.45, 2.75) is 127 Å². The molecule has 0 fully saturated rings. The van der Waals surface area contributed by atoms with Crippen LogP contribution < -0.4 is 0 Å². The fraction of sp³-hybridized carbons (Fsp3) is 0.550. The maximum atomic E-state index is 2.46. The van der Waals surface area contributed by atoms with Gasteiger partial charge < -0.3 is 0 Å². The summed E-state index contributed by atoms with van der Waals surface area (Å²) < 4.78 is 0. The molecule has 0 N–H and O–H groups in total. The van der Waals surface area contributed by atoms with Crippen molar-refractivity contribution in [2.24, 2.45) is 16.7 Å². The molecule has 220 valence electrons. The summed E-state index contributed by atoms with van der Waals surface area (Å²) >= 11 is 0. The Labute approximate surface area is 249 Å². The van der Waals surface area contributed by atoms with Crippen molar-refractivity contribution >= 4 is 0 Å². The van der Waals surface area contributed by atoms with Crippen LogP contribution in [0, 0.1) is 16.7 Å². The van der Waals surface area contributed by atoms with E-state index in [1.54, 1.807) is 16.7 Å². The van der Waals surface area contributed by atoms with Crippen molar-refractivity contribution in [3.8, 4) is 0 Å². The van der Waals surface area contributed by atoms with Crippen LogP contribution in [0.3, 0.4) is 0 Å². The third-order valence-corrected chi connectivity index (χ3v) is 9.23. The van der Waals surface area contributed by atoms with Crippen molar-refractivity contribution < 1.29 is 0 Å². The van der Waals surface area contributed by atoms with Crippen molar-refractivity contribution in [2.75, 3.05) is 0 Å². The van der Waals surface area contributed by atoms with Gasteiger partial charge in [-0.3, -0.25) is 0 Å². The molecule has 0 aromatic heterocycles. The molecule has 0 radical (unpaired) electrons. The van der Waals surface area contributed by atoms with Gasteiger partial charge in [-0.1, -0.05) is 128 Å². The predicted molar refractivity (Wildman–Crippen MR) is 182 cm³/mol. The van der Waals surface area contributed by atoms with Crippen LogP contribution in [-0.2, 0) is 0 Å². The maximum absolute atomic E-state index is 2.46. The Morgan fingerprint density at radius 1 is 0.825 bits per heavy atom. The van der Waals surface area contributed by atoms with Crippen molar-refractivity contribution in [1.29, 1.82) is 0 Å². The zero-order valence-corrected chi connectivity index (χ0v) is 27.8. The summed E-state index contributed by atoms with van der Waals surface area (Å²) in [5.41, 5.74) is 11.0. The lowest BCUT2D eigenvalue weighted by Crippen LogP contribution is -2.27. The van der Waals surface area contributed by atoms with Crippen LogP contribution in [0.4, 0.5) is 0 Å². The Hall–Kier alpha value is -2.34. The Morgan fingerprint density at radius 2 is 1.50 bits per heavy atom. The second-order valence-corrected chi connectivity index (χ2v) is 14.0. The molecule has 0 heterocycles. The van der Waals surface area contributed by atoms with Crippen molar-refractivity contribution in [3.63, 3.8) is 0 Å². The van der Waals surface area contributed by atoms with Gasteiger partial charge in [0.25, 0.3) is 0 Å². The van der Waals surface area contributed by atoms with E-state index >= 15 is 0 Å². The lowest BCUT2D eigenvalue weighted by Gasteiger charge is -2.38. The molecule has 40 heavy (non-hydrogen) atoms. The molecule has 2 aliphatic rings.